The van der Waals surface area contributed by atoms with E-state index >= 15 is 0 Å². The number of aliphatic imine (C=N–C) groups is 1. The Balaban J connectivity index is 0.00000625. The predicted octanol–water partition coefficient (Wildman–Crippen LogP) is 2.85. The third-order valence-corrected chi connectivity index (χ3v) is 5.18. The van der Waals surface area contributed by atoms with E-state index in [0.29, 0.717) is 6.54 Å². The lowest BCUT2D eigenvalue weighted by Crippen LogP contribution is -2.37. The molecule has 0 saturated carbocycles. The quantitative estimate of drug-likeness (QED) is 0.201. The summed E-state index contributed by atoms with van der Waals surface area (Å²) in [5, 5.41) is 6.57. The molecular weight excluding hydrogens is 463 g/mol. The molecule has 26 heavy (non-hydrogen) atoms. The van der Waals surface area contributed by atoms with Crippen molar-refractivity contribution in [1.29, 1.82) is 0 Å². The van der Waals surface area contributed by atoms with Crippen LogP contribution in [0.15, 0.2) is 29.3 Å². The zero-order valence-electron chi connectivity index (χ0n) is 16.2. The number of unbranched alkanes of at least 4 members (excludes halogenated alkanes) is 1. The van der Waals surface area contributed by atoms with E-state index in [-0.39, 0.29) is 29.7 Å². The van der Waals surface area contributed by atoms with Gasteiger partial charge in [-0.2, -0.15) is 0 Å². The minimum Gasteiger partial charge on any atom is -0.356 e. The number of halogens is 1. The van der Waals surface area contributed by atoms with Crippen molar-refractivity contribution in [3.8, 4) is 0 Å². The Morgan fingerprint density at radius 2 is 1.85 bits per heavy atom. The predicted molar refractivity (Wildman–Crippen MR) is 120 cm³/mol. The van der Waals surface area contributed by atoms with Crippen LogP contribution in [0.4, 0.5) is 0 Å². The van der Waals surface area contributed by atoms with Gasteiger partial charge in [0.1, 0.15) is 0 Å². The Labute approximate surface area is 175 Å². The highest BCUT2D eigenvalue weighted by Gasteiger charge is 2.09. The van der Waals surface area contributed by atoms with E-state index in [1.54, 1.807) is 7.05 Å². The molecule has 6 nitrogen and oxygen atoms in total. The Bertz CT molecular complexity index is 648. The van der Waals surface area contributed by atoms with Crippen molar-refractivity contribution >= 4 is 40.0 Å². The number of nitrogens with zero attached hydrogens (tertiary/aromatic N) is 1. The normalized spacial score (nSPS) is 12.0. The van der Waals surface area contributed by atoms with Crippen LogP contribution >= 0.6 is 24.0 Å². The van der Waals surface area contributed by atoms with Crippen molar-refractivity contribution in [3.05, 3.63) is 35.4 Å². The highest BCUT2D eigenvalue weighted by Crippen LogP contribution is 2.08. The molecule has 0 fully saturated rings. The maximum absolute atomic E-state index is 11.7. The Kier molecular flexibility index (Phi) is 12.9. The number of benzene rings is 1. The van der Waals surface area contributed by atoms with E-state index < -0.39 is 10.0 Å². The Hall–Kier alpha value is -0.870. The molecule has 0 aliphatic carbocycles. The lowest BCUT2D eigenvalue weighted by Gasteiger charge is -2.13. The summed E-state index contributed by atoms with van der Waals surface area (Å²) in [6.07, 6.45) is 3.58. The molecule has 0 aromatic heterocycles. The molecule has 0 aliphatic heterocycles. The van der Waals surface area contributed by atoms with Crippen LogP contribution in [-0.2, 0) is 22.3 Å². The largest absolute Gasteiger partial charge is 0.356 e. The maximum atomic E-state index is 11.7. The minimum absolute atomic E-state index is 0. The van der Waals surface area contributed by atoms with Gasteiger partial charge in [-0.15, -0.1) is 24.0 Å². The standard InChI is InChI=1S/C18H32N4O2S.HI/c1-15(2)8-5-6-11-21-18(19-3)22-13-16-9-7-10-17(12-16)14-25(23,24)20-4;/h7,9-10,12,15,20H,5-6,8,11,13-14H2,1-4H3,(H2,19,21,22);1H. The first-order valence-corrected chi connectivity index (χ1v) is 10.4. The van der Waals surface area contributed by atoms with Crippen molar-refractivity contribution in [2.45, 2.75) is 45.4 Å². The lowest BCUT2D eigenvalue weighted by molar-refractivity contribution is 0.534. The van der Waals surface area contributed by atoms with Crippen molar-refractivity contribution in [3.63, 3.8) is 0 Å². The molecule has 1 aromatic carbocycles. The van der Waals surface area contributed by atoms with E-state index in [0.717, 1.165) is 36.0 Å². The molecule has 0 bridgehead atoms. The summed E-state index contributed by atoms with van der Waals surface area (Å²) in [6.45, 7) is 5.97. The molecule has 0 saturated heterocycles. The van der Waals surface area contributed by atoms with Crippen molar-refractivity contribution in [2.24, 2.45) is 10.9 Å². The van der Waals surface area contributed by atoms with Gasteiger partial charge in [0.15, 0.2) is 5.96 Å². The number of guanidine groups is 1. The van der Waals surface area contributed by atoms with Gasteiger partial charge in [0, 0.05) is 20.1 Å². The van der Waals surface area contributed by atoms with Crippen LogP contribution < -0.4 is 15.4 Å². The summed E-state index contributed by atoms with van der Waals surface area (Å²) in [4.78, 5) is 4.22. The summed E-state index contributed by atoms with van der Waals surface area (Å²) >= 11 is 0. The SMILES string of the molecule is CN=C(NCCCCC(C)C)NCc1cccc(CS(=O)(=O)NC)c1.I. The average Bonchev–Trinajstić information content (AvgIpc) is 2.57. The number of rotatable bonds is 10. The van der Waals surface area contributed by atoms with E-state index in [2.05, 4.69) is 34.2 Å². The van der Waals surface area contributed by atoms with E-state index in [1.807, 2.05) is 24.3 Å². The van der Waals surface area contributed by atoms with Gasteiger partial charge < -0.3 is 10.6 Å². The van der Waals surface area contributed by atoms with E-state index in [4.69, 9.17) is 0 Å². The zero-order valence-corrected chi connectivity index (χ0v) is 19.4. The van der Waals surface area contributed by atoms with Gasteiger partial charge in [-0.3, -0.25) is 4.99 Å². The van der Waals surface area contributed by atoms with E-state index in [1.165, 1.54) is 19.9 Å². The number of nitrogens with one attached hydrogen (secondary N) is 3. The summed E-state index contributed by atoms with van der Waals surface area (Å²) in [5.74, 6) is 1.49. The molecule has 8 heteroatoms. The summed E-state index contributed by atoms with van der Waals surface area (Å²) in [5.41, 5.74) is 1.79. The second kappa shape index (κ2) is 13.3. The van der Waals surface area contributed by atoms with Gasteiger partial charge in [0.25, 0.3) is 0 Å². The first-order valence-electron chi connectivity index (χ1n) is 8.80. The first-order chi connectivity index (χ1) is 11.9. The van der Waals surface area contributed by atoms with Gasteiger partial charge in [-0.25, -0.2) is 13.1 Å². The maximum Gasteiger partial charge on any atom is 0.215 e. The molecule has 1 aromatic rings. The fourth-order valence-electron chi connectivity index (χ4n) is 2.41. The number of sulfonamides is 1. The average molecular weight is 496 g/mol. The van der Waals surface area contributed by atoms with Crippen LogP contribution in [0.2, 0.25) is 0 Å². The fourth-order valence-corrected chi connectivity index (χ4v) is 3.17. The van der Waals surface area contributed by atoms with Crippen LogP contribution in [-0.4, -0.2) is 35.0 Å². The third kappa shape index (κ3) is 11.0. The molecule has 150 valence electrons. The Morgan fingerprint density at radius 1 is 1.15 bits per heavy atom. The van der Waals surface area contributed by atoms with Crippen molar-refractivity contribution < 1.29 is 8.42 Å². The summed E-state index contributed by atoms with van der Waals surface area (Å²) in [7, 11) is -0.0780. The topological polar surface area (TPSA) is 82.6 Å². The molecule has 0 atom stereocenters. The molecule has 0 spiro atoms. The summed E-state index contributed by atoms with van der Waals surface area (Å²) < 4.78 is 25.6. The number of hydrogen-bond acceptors (Lipinski definition) is 3. The van der Waals surface area contributed by atoms with Gasteiger partial charge >= 0.3 is 0 Å². The third-order valence-electron chi connectivity index (χ3n) is 3.84. The van der Waals surface area contributed by atoms with Gasteiger partial charge in [0.2, 0.25) is 10.0 Å². The van der Waals surface area contributed by atoms with Crippen LogP contribution in [0.1, 0.15) is 44.2 Å². The molecule has 0 radical (unpaired) electrons. The van der Waals surface area contributed by atoms with Crippen LogP contribution in [0.5, 0.6) is 0 Å². The smallest absolute Gasteiger partial charge is 0.215 e. The van der Waals surface area contributed by atoms with Crippen LogP contribution in [0.3, 0.4) is 0 Å². The molecule has 3 N–H and O–H groups in total. The van der Waals surface area contributed by atoms with E-state index in [9.17, 15) is 8.42 Å². The van der Waals surface area contributed by atoms with Crippen LogP contribution in [0, 0.1) is 5.92 Å². The van der Waals surface area contributed by atoms with Crippen LogP contribution in [0.25, 0.3) is 0 Å². The van der Waals surface area contributed by atoms with Gasteiger partial charge in [0.05, 0.1) is 5.75 Å². The van der Waals surface area contributed by atoms with Crippen molar-refractivity contribution in [2.75, 3.05) is 20.6 Å². The second-order valence-electron chi connectivity index (χ2n) is 6.53. The highest BCUT2D eigenvalue weighted by atomic mass is 127. The number of hydrogen-bond donors (Lipinski definition) is 3. The Morgan fingerprint density at radius 3 is 2.46 bits per heavy atom. The minimum atomic E-state index is -3.26. The molecule has 0 heterocycles. The van der Waals surface area contributed by atoms with Crippen molar-refractivity contribution in [1.82, 2.24) is 15.4 Å². The molecule has 1 rings (SSSR count). The lowest BCUT2D eigenvalue weighted by atomic mass is 10.1. The summed E-state index contributed by atoms with van der Waals surface area (Å²) in [6, 6.07) is 7.57. The molecule has 0 amide bonds. The van der Waals surface area contributed by atoms with Gasteiger partial charge in [-0.05, 0) is 30.5 Å². The zero-order chi connectivity index (χ0) is 18.7. The first kappa shape index (κ1) is 25.1. The highest BCUT2D eigenvalue weighted by molar-refractivity contribution is 14.0. The molecular formula is C18H33IN4O2S. The molecule has 0 unspecified atom stereocenters. The van der Waals surface area contributed by atoms with Gasteiger partial charge in [-0.1, -0.05) is 51.0 Å². The fraction of sp³-hybridized carbons (Fsp3) is 0.611. The second-order valence-corrected chi connectivity index (χ2v) is 8.45. The monoisotopic (exact) mass is 496 g/mol. The molecule has 0 aliphatic rings.